The summed E-state index contributed by atoms with van der Waals surface area (Å²) in [6.45, 7) is 8.33. The summed E-state index contributed by atoms with van der Waals surface area (Å²) in [5.41, 5.74) is 10.4. The quantitative estimate of drug-likeness (QED) is 0.0361. The number of rotatable bonds is 23. The number of fused-ring (bicyclic) bond motifs is 8. The lowest BCUT2D eigenvalue weighted by Gasteiger charge is -2.23. The van der Waals surface area contributed by atoms with Crippen molar-refractivity contribution < 1.29 is 46.4 Å². The van der Waals surface area contributed by atoms with Crippen molar-refractivity contribution in [1.82, 2.24) is 0 Å². The molecule has 4 aliphatic heterocycles. The van der Waals surface area contributed by atoms with Crippen LogP contribution >= 0.6 is 21.6 Å². The van der Waals surface area contributed by atoms with Crippen LogP contribution in [0.5, 0.6) is 17.2 Å². The highest BCUT2D eigenvalue weighted by Gasteiger charge is 2.39. The van der Waals surface area contributed by atoms with Gasteiger partial charge in [0.25, 0.3) is 21.9 Å². The number of carbonyl (C=O) groups excluding carboxylic acids is 4. The fourth-order valence-electron chi connectivity index (χ4n) is 11.1. The van der Waals surface area contributed by atoms with Gasteiger partial charge in [-0.3, -0.25) is 23.7 Å². The van der Waals surface area contributed by atoms with Crippen molar-refractivity contribution in [3.05, 3.63) is 141 Å². The van der Waals surface area contributed by atoms with Gasteiger partial charge in [0.2, 0.25) is 5.91 Å². The average Bonchev–Trinajstić information content (AvgIpc) is 3.95. The molecular weight excluding hydrogens is 1020 g/mol. The molecule has 9 rings (SSSR count). The molecular formula is C60H69N3O10S3. The lowest BCUT2D eigenvalue weighted by Crippen LogP contribution is -2.36. The molecule has 13 nitrogen and oxygen atoms in total. The van der Waals surface area contributed by atoms with Crippen molar-refractivity contribution in [1.29, 1.82) is 0 Å². The summed E-state index contributed by atoms with van der Waals surface area (Å²) in [7, 11) is -0.0146. The summed E-state index contributed by atoms with van der Waals surface area (Å²) in [6, 6.07) is 29.8. The molecule has 5 aromatic carbocycles. The van der Waals surface area contributed by atoms with Crippen molar-refractivity contribution in [2.24, 2.45) is 0 Å². The van der Waals surface area contributed by atoms with E-state index in [0.29, 0.717) is 59.1 Å². The second-order valence-electron chi connectivity index (χ2n) is 21.2. The van der Waals surface area contributed by atoms with Crippen molar-refractivity contribution >= 4 is 72.3 Å². The van der Waals surface area contributed by atoms with Crippen molar-refractivity contribution in [2.75, 3.05) is 28.0 Å². The minimum atomic E-state index is -4.53. The molecule has 402 valence electrons. The van der Waals surface area contributed by atoms with E-state index in [4.69, 9.17) is 14.2 Å². The summed E-state index contributed by atoms with van der Waals surface area (Å²) < 4.78 is 52.7. The smallest absolute Gasteiger partial charge is 0.275 e. The first-order valence-electron chi connectivity index (χ1n) is 26.7. The molecule has 0 spiro atoms. The monoisotopic (exact) mass is 1090 g/mol. The topological polar surface area (TPSA) is 169 Å². The zero-order valence-corrected chi connectivity index (χ0v) is 46.6. The molecule has 0 saturated heterocycles. The number of ether oxygens (including phenoxy) is 3. The van der Waals surface area contributed by atoms with Gasteiger partial charge in [-0.2, -0.15) is 8.42 Å². The standard InChI is InChI=1S/C60H69N3O10S3/c1-6-7-8-9-18-52(64)56(76(68,69)70)24-26-74-75-60(3,4)25-23-57(65)61-45-29-39(36-72-53-33-41-19-21-46-31-43-14-10-12-16-50(43)62(46)58(66)48(41)27-38(53)2)28-40(30-45)37-73-55-34-42-20-22-47-32-44-15-11-13-17-51(44)63(47)59(67)49(42)35-54(55)71-5/h10-17,27-30,33-35,46-47,56H,6-9,18-26,31-32,36-37H2,1-5H3,(H,61,65)(H,68,69,70)/t46-,47-,56?/m1/s1. The van der Waals surface area contributed by atoms with Gasteiger partial charge in [0, 0.05) is 63.6 Å². The number of hydrogen-bond donors (Lipinski definition) is 2. The summed E-state index contributed by atoms with van der Waals surface area (Å²) >= 11 is 0. The van der Waals surface area contributed by atoms with Gasteiger partial charge in [0.1, 0.15) is 24.2 Å². The van der Waals surface area contributed by atoms with E-state index in [1.165, 1.54) is 32.7 Å². The Morgan fingerprint density at radius 1 is 0.750 bits per heavy atom. The van der Waals surface area contributed by atoms with Crippen LogP contribution in [0, 0.1) is 6.92 Å². The maximum Gasteiger partial charge on any atom is 0.275 e. The van der Waals surface area contributed by atoms with Gasteiger partial charge in [0.15, 0.2) is 17.3 Å². The molecule has 4 aliphatic rings. The second kappa shape index (κ2) is 23.8. The molecule has 4 heterocycles. The highest BCUT2D eigenvalue weighted by molar-refractivity contribution is 8.77. The number of amides is 3. The van der Waals surface area contributed by atoms with Crippen molar-refractivity contribution in [3.63, 3.8) is 0 Å². The Hall–Kier alpha value is -5.81. The molecule has 0 aromatic heterocycles. The number of carbonyl (C=O) groups is 4. The van der Waals surface area contributed by atoms with Crippen LogP contribution in [-0.2, 0) is 58.6 Å². The first kappa shape index (κ1) is 55.0. The Kier molecular flexibility index (Phi) is 17.2. The Balaban J connectivity index is 0.891. The third-order valence-corrected chi connectivity index (χ3v) is 19.7. The van der Waals surface area contributed by atoms with E-state index < -0.39 is 21.2 Å². The van der Waals surface area contributed by atoms with Gasteiger partial charge in [-0.25, -0.2) is 0 Å². The fraction of sp³-hybridized carbons (Fsp3) is 0.433. The predicted molar refractivity (Wildman–Crippen MR) is 303 cm³/mol. The van der Waals surface area contributed by atoms with E-state index in [-0.39, 0.29) is 67.0 Å². The lowest BCUT2D eigenvalue weighted by atomic mass is 9.98. The molecule has 3 amide bonds. The minimum absolute atomic E-state index is 0.0135. The molecule has 2 N–H and O–H groups in total. The number of aryl methyl sites for hydroxylation is 3. The van der Waals surface area contributed by atoms with E-state index in [0.717, 1.165) is 90.6 Å². The Labute approximate surface area is 455 Å². The van der Waals surface area contributed by atoms with Gasteiger partial charge in [-0.1, -0.05) is 84.2 Å². The summed E-state index contributed by atoms with van der Waals surface area (Å²) in [4.78, 5) is 58.7. The highest BCUT2D eigenvalue weighted by Crippen LogP contribution is 2.43. The zero-order chi connectivity index (χ0) is 53.7. The second-order valence-corrected chi connectivity index (χ2v) is 26.0. The molecule has 5 aromatic rings. The van der Waals surface area contributed by atoms with Crippen LogP contribution in [0.25, 0.3) is 0 Å². The molecule has 0 radical (unpaired) electrons. The van der Waals surface area contributed by atoms with E-state index in [1.54, 1.807) is 13.2 Å². The van der Waals surface area contributed by atoms with Crippen LogP contribution in [0.3, 0.4) is 0 Å². The Morgan fingerprint density at radius 3 is 1.92 bits per heavy atom. The van der Waals surface area contributed by atoms with Gasteiger partial charge in [-0.05, 0) is 172 Å². The number of ketones is 1. The van der Waals surface area contributed by atoms with Gasteiger partial charge >= 0.3 is 0 Å². The van der Waals surface area contributed by atoms with Crippen LogP contribution in [-0.4, -0.2) is 71.4 Å². The first-order valence-corrected chi connectivity index (χ1v) is 30.5. The largest absolute Gasteiger partial charge is 0.493 e. The van der Waals surface area contributed by atoms with Gasteiger partial charge in [0.05, 0.1) is 7.11 Å². The number of anilines is 3. The molecule has 0 bridgehead atoms. The van der Waals surface area contributed by atoms with E-state index in [9.17, 15) is 32.1 Å². The third-order valence-electron chi connectivity index (χ3n) is 15.1. The first-order chi connectivity index (χ1) is 36.5. The van der Waals surface area contributed by atoms with Gasteiger partial charge < -0.3 is 29.3 Å². The molecule has 1 unspecified atom stereocenters. The van der Waals surface area contributed by atoms with Gasteiger partial charge in [-0.15, -0.1) is 0 Å². The van der Waals surface area contributed by atoms with E-state index in [1.807, 2.05) is 103 Å². The molecule has 0 fully saturated rings. The summed E-state index contributed by atoms with van der Waals surface area (Å²) in [5, 5.41) is 1.68. The third kappa shape index (κ3) is 12.6. The highest BCUT2D eigenvalue weighted by atomic mass is 33.1. The average molecular weight is 1090 g/mol. The van der Waals surface area contributed by atoms with Crippen LogP contribution in [0.2, 0.25) is 0 Å². The summed E-state index contributed by atoms with van der Waals surface area (Å²) in [6.07, 6.45) is 8.99. The Morgan fingerprint density at radius 2 is 1.33 bits per heavy atom. The van der Waals surface area contributed by atoms with Crippen LogP contribution < -0.4 is 29.3 Å². The molecule has 0 aliphatic carbocycles. The summed E-state index contributed by atoms with van der Waals surface area (Å²) in [5.74, 6) is 1.28. The van der Waals surface area contributed by atoms with Crippen molar-refractivity contribution in [2.45, 2.75) is 153 Å². The number of unbranched alkanes of at least 4 members (excludes halogenated alkanes) is 3. The lowest BCUT2D eigenvalue weighted by molar-refractivity contribution is -0.119. The van der Waals surface area contributed by atoms with Crippen LogP contribution in [0.4, 0.5) is 17.1 Å². The fourth-order valence-corrected chi connectivity index (χ4v) is 14.8. The maximum atomic E-state index is 14.2. The van der Waals surface area contributed by atoms with E-state index >= 15 is 0 Å². The normalized spacial score (nSPS) is 17.1. The minimum Gasteiger partial charge on any atom is -0.493 e. The number of methoxy groups -OCH3 is 1. The number of hydrogen-bond acceptors (Lipinski definition) is 11. The maximum absolute atomic E-state index is 14.2. The Bertz CT molecular complexity index is 3120. The van der Waals surface area contributed by atoms with Crippen LogP contribution in [0.15, 0.2) is 91.0 Å². The van der Waals surface area contributed by atoms with E-state index in [2.05, 4.69) is 24.4 Å². The van der Waals surface area contributed by atoms with Crippen molar-refractivity contribution in [3.8, 4) is 17.2 Å². The molecule has 76 heavy (non-hydrogen) atoms. The number of nitrogens with one attached hydrogen (secondary N) is 1. The van der Waals surface area contributed by atoms with Crippen LogP contribution in [0.1, 0.15) is 145 Å². The SMILES string of the molecule is CCCCCCC(=O)C(CCSSC(C)(C)CCC(=O)Nc1cc(COc2cc3c(cc2C)C(=O)N2c4ccccc4C[C@H]2CC3)cc(COc2cc3c(cc2OC)C(=O)N2c4ccccc4C[C@H]2CC3)c1)S(=O)(=O)O. The molecule has 16 heteroatoms. The predicted octanol–water partition coefficient (Wildman–Crippen LogP) is 12.3. The number of nitrogens with zero attached hydrogens (tertiary/aromatic N) is 2. The number of para-hydroxylation sites is 2. The molecule has 3 atom stereocenters. The number of Topliss-reactive ketones (excluding diaryl/α,β-unsaturated/α-hetero) is 1. The molecule has 0 saturated carbocycles. The zero-order valence-electron chi connectivity index (χ0n) is 44.2. The number of benzene rings is 5.